The van der Waals surface area contributed by atoms with Crippen molar-refractivity contribution in [2.75, 3.05) is 7.11 Å². The Morgan fingerprint density at radius 3 is 2.48 bits per heavy atom. The second-order valence-electron chi connectivity index (χ2n) is 5.18. The predicted octanol–water partition coefficient (Wildman–Crippen LogP) is 2.91. The lowest BCUT2D eigenvalue weighted by Gasteiger charge is -2.22. The summed E-state index contributed by atoms with van der Waals surface area (Å²) in [6.07, 6.45) is 0. The monoisotopic (exact) mass is 351 g/mol. The first-order chi connectivity index (χ1) is 9.84. The summed E-state index contributed by atoms with van der Waals surface area (Å²) in [4.78, 5) is 12.1. The van der Waals surface area contributed by atoms with Crippen LogP contribution in [0.15, 0.2) is 36.4 Å². The van der Waals surface area contributed by atoms with E-state index >= 15 is 0 Å². The highest BCUT2D eigenvalue weighted by molar-refractivity contribution is 9.10. The first-order valence-electron chi connectivity index (χ1n) is 6.65. The van der Waals surface area contributed by atoms with Gasteiger partial charge in [0.15, 0.2) is 0 Å². The number of halogens is 1. The molecule has 1 amide bonds. The standard InChI is InChI=1S/C16H18BrNO3/c1-10(2)18-15(19)16(17,20)13-6-4-12-9-14(21-3)7-5-11(12)8-13/h4-10,20H,1-3H3,(H,18,19). The minimum Gasteiger partial charge on any atom is -0.497 e. The number of methoxy groups -OCH3 is 1. The zero-order valence-corrected chi connectivity index (χ0v) is 13.8. The van der Waals surface area contributed by atoms with Crippen molar-refractivity contribution >= 4 is 32.6 Å². The molecule has 21 heavy (non-hydrogen) atoms. The van der Waals surface area contributed by atoms with Crippen molar-refractivity contribution < 1.29 is 14.6 Å². The number of fused-ring (bicyclic) bond motifs is 1. The van der Waals surface area contributed by atoms with Gasteiger partial charge in [0.25, 0.3) is 5.91 Å². The summed E-state index contributed by atoms with van der Waals surface area (Å²) in [5.41, 5.74) is 0.485. The Labute approximate surface area is 132 Å². The molecule has 0 spiro atoms. The molecule has 2 aromatic carbocycles. The lowest BCUT2D eigenvalue weighted by molar-refractivity contribution is -0.132. The van der Waals surface area contributed by atoms with Crippen molar-refractivity contribution in [1.29, 1.82) is 0 Å². The molecule has 2 aromatic rings. The Balaban J connectivity index is 2.40. The molecule has 0 fully saturated rings. The fourth-order valence-corrected chi connectivity index (χ4v) is 2.41. The molecule has 2 rings (SSSR count). The number of hydrogen-bond acceptors (Lipinski definition) is 3. The number of rotatable bonds is 4. The summed E-state index contributed by atoms with van der Waals surface area (Å²) in [5, 5.41) is 15.0. The summed E-state index contributed by atoms with van der Waals surface area (Å²) < 4.78 is 3.43. The van der Waals surface area contributed by atoms with E-state index in [2.05, 4.69) is 21.2 Å². The van der Waals surface area contributed by atoms with Gasteiger partial charge in [-0.2, -0.15) is 0 Å². The van der Waals surface area contributed by atoms with Gasteiger partial charge in [0.2, 0.25) is 4.51 Å². The van der Waals surface area contributed by atoms with Crippen molar-refractivity contribution in [2.45, 2.75) is 24.4 Å². The van der Waals surface area contributed by atoms with Crippen LogP contribution in [0.3, 0.4) is 0 Å². The summed E-state index contributed by atoms with van der Waals surface area (Å²) in [7, 11) is 1.61. The van der Waals surface area contributed by atoms with Crippen LogP contribution in [0.1, 0.15) is 19.4 Å². The summed E-state index contributed by atoms with van der Waals surface area (Å²) in [6, 6.07) is 10.9. The van der Waals surface area contributed by atoms with Crippen LogP contribution in [0.5, 0.6) is 5.75 Å². The molecule has 0 aromatic heterocycles. The van der Waals surface area contributed by atoms with Gasteiger partial charge in [-0.3, -0.25) is 4.79 Å². The molecule has 0 bridgehead atoms. The number of benzene rings is 2. The first-order valence-corrected chi connectivity index (χ1v) is 7.44. The van der Waals surface area contributed by atoms with Crippen molar-refractivity contribution in [1.82, 2.24) is 5.32 Å². The maximum absolute atomic E-state index is 12.1. The van der Waals surface area contributed by atoms with Gasteiger partial charge >= 0.3 is 0 Å². The second kappa shape index (κ2) is 6.03. The summed E-state index contributed by atoms with van der Waals surface area (Å²) >= 11 is 3.12. The van der Waals surface area contributed by atoms with Crippen molar-refractivity contribution in [3.63, 3.8) is 0 Å². The fourth-order valence-electron chi connectivity index (χ4n) is 2.05. The maximum atomic E-state index is 12.1. The SMILES string of the molecule is COc1ccc2cc(C(O)(Br)C(=O)NC(C)C)ccc2c1. The van der Waals surface area contributed by atoms with Gasteiger partial charge in [-0.15, -0.1) is 0 Å². The fraction of sp³-hybridized carbons (Fsp3) is 0.312. The quantitative estimate of drug-likeness (QED) is 0.832. The number of hydrogen-bond donors (Lipinski definition) is 2. The van der Waals surface area contributed by atoms with E-state index in [-0.39, 0.29) is 6.04 Å². The number of aliphatic hydroxyl groups is 1. The lowest BCUT2D eigenvalue weighted by Crippen LogP contribution is -2.43. The lowest BCUT2D eigenvalue weighted by atomic mass is 10.0. The molecule has 0 radical (unpaired) electrons. The van der Waals surface area contributed by atoms with Crippen molar-refractivity contribution in [3.05, 3.63) is 42.0 Å². The molecule has 0 saturated heterocycles. The molecule has 2 N–H and O–H groups in total. The van der Waals surface area contributed by atoms with E-state index in [1.165, 1.54) is 0 Å². The molecular formula is C16H18BrNO3. The van der Waals surface area contributed by atoms with Crippen LogP contribution < -0.4 is 10.1 Å². The average molecular weight is 352 g/mol. The molecule has 1 atom stereocenters. The maximum Gasteiger partial charge on any atom is 0.268 e. The molecule has 0 heterocycles. The summed E-state index contributed by atoms with van der Waals surface area (Å²) in [6.45, 7) is 3.68. The third-order valence-corrected chi connectivity index (χ3v) is 3.97. The van der Waals surface area contributed by atoms with Crippen LogP contribution in [-0.2, 0) is 9.30 Å². The number of alkyl halides is 1. The minimum absolute atomic E-state index is 0.0497. The molecule has 0 aliphatic heterocycles. The highest BCUT2D eigenvalue weighted by atomic mass is 79.9. The largest absolute Gasteiger partial charge is 0.497 e. The van der Waals surface area contributed by atoms with E-state index < -0.39 is 10.4 Å². The molecule has 1 unspecified atom stereocenters. The zero-order valence-electron chi connectivity index (χ0n) is 12.2. The molecular weight excluding hydrogens is 334 g/mol. The average Bonchev–Trinajstić information content (AvgIpc) is 2.45. The number of carbonyl (C=O) groups excluding carboxylic acids is 1. The Hall–Kier alpha value is -1.59. The van der Waals surface area contributed by atoms with E-state index in [4.69, 9.17) is 4.74 Å². The zero-order chi connectivity index (χ0) is 15.6. The smallest absolute Gasteiger partial charge is 0.268 e. The Bertz CT molecular complexity index is 668. The Kier molecular flexibility index (Phi) is 4.54. The number of amides is 1. The molecule has 0 aliphatic carbocycles. The van der Waals surface area contributed by atoms with E-state index in [0.717, 1.165) is 16.5 Å². The van der Waals surface area contributed by atoms with Crippen LogP contribution in [-0.4, -0.2) is 24.2 Å². The van der Waals surface area contributed by atoms with Crippen LogP contribution in [0.2, 0.25) is 0 Å². The van der Waals surface area contributed by atoms with Crippen LogP contribution in [0.4, 0.5) is 0 Å². The third-order valence-electron chi connectivity index (χ3n) is 3.15. The van der Waals surface area contributed by atoms with Gasteiger partial charge in [-0.05, 0) is 58.7 Å². The van der Waals surface area contributed by atoms with Crippen LogP contribution >= 0.6 is 15.9 Å². The highest BCUT2D eigenvalue weighted by Crippen LogP contribution is 2.32. The first kappa shape index (κ1) is 15.8. The molecule has 4 nitrogen and oxygen atoms in total. The van der Waals surface area contributed by atoms with E-state index in [0.29, 0.717) is 5.56 Å². The minimum atomic E-state index is -1.74. The highest BCUT2D eigenvalue weighted by Gasteiger charge is 2.35. The normalized spacial score (nSPS) is 14.0. The summed E-state index contributed by atoms with van der Waals surface area (Å²) in [5.74, 6) is 0.285. The third kappa shape index (κ3) is 3.36. The van der Waals surface area contributed by atoms with Gasteiger partial charge in [0.05, 0.1) is 7.11 Å². The van der Waals surface area contributed by atoms with Crippen LogP contribution in [0.25, 0.3) is 10.8 Å². The molecule has 112 valence electrons. The van der Waals surface area contributed by atoms with Gasteiger partial charge < -0.3 is 15.2 Å². The van der Waals surface area contributed by atoms with Crippen LogP contribution in [0, 0.1) is 0 Å². The van der Waals surface area contributed by atoms with Gasteiger partial charge in [0, 0.05) is 11.6 Å². The number of carbonyl (C=O) groups is 1. The Morgan fingerprint density at radius 1 is 1.24 bits per heavy atom. The van der Waals surface area contributed by atoms with E-state index in [1.54, 1.807) is 19.2 Å². The van der Waals surface area contributed by atoms with E-state index in [1.807, 2.05) is 38.1 Å². The van der Waals surface area contributed by atoms with Crippen molar-refractivity contribution in [3.8, 4) is 5.75 Å². The topological polar surface area (TPSA) is 58.6 Å². The van der Waals surface area contributed by atoms with Gasteiger partial charge in [-0.1, -0.05) is 18.2 Å². The van der Waals surface area contributed by atoms with E-state index in [9.17, 15) is 9.90 Å². The second-order valence-corrected chi connectivity index (χ2v) is 6.33. The van der Waals surface area contributed by atoms with Crippen molar-refractivity contribution in [2.24, 2.45) is 0 Å². The number of ether oxygens (including phenoxy) is 1. The molecule has 5 heteroatoms. The molecule has 0 aliphatic rings. The van der Waals surface area contributed by atoms with Gasteiger partial charge in [-0.25, -0.2) is 0 Å². The van der Waals surface area contributed by atoms with Gasteiger partial charge in [0.1, 0.15) is 5.75 Å². The Morgan fingerprint density at radius 2 is 1.86 bits per heavy atom. The predicted molar refractivity (Wildman–Crippen MR) is 86.6 cm³/mol. The molecule has 0 saturated carbocycles. The number of nitrogens with one attached hydrogen (secondary N) is 1.